The van der Waals surface area contributed by atoms with Crippen molar-refractivity contribution in [2.45, 2.75) is 13.1 Å². The van der Waals surface area contributed by atoms with E-state index in [0.717, 1.165) is 16.2 Å². The summed E-state index contributed by atoms with van der Waals surface area (Å²) < 4.78 is 39.5. The number of carbonyl (C=O) groups is 1. The number of carbonyl (C=O) groups excluding carboxylic acids is 1. The highest BCUT2D eigenvalue weighted by atomic mass is 35.5. The Balaban J connectivity index is 1.98. The fraction of sp³-hybridized carbons (Fsp3) is 0.188. The molecule has 0 saturated heterocycles. The molecular weight excluding hydrogens is 407 g/mol. The SMILES string of the molecule is Cc1nc(-c2ccc(Cl)s2)sc1C(=O)N(CC(F)(F)F)c1ccccn1. The number of hydrogen-bond donors (Lipinski definition) is 0. The normalized spacial score (nSPS) is 11.6. The second-order valence-corrected chi connectivity index (χ2v) is 7.95. The number of pyridine rings is 1. The zero-order valence-corrected chi connectivity index (χ0v) is 15.6. The van der Waals surface area contributed by atoms with Gasteiger partial charge in [0.15, 0.2) is 0 Å². The summed E-state index contributed by atoms with van der Waals surface area (Å²) in [5.74, 6) is -0.853. The molecule has 0 fully saturated rings. The minimum absolute atomic E-state index is 0.0663. The van der Waals surface area contributed by atoms with Gasteiger partial charge in [-0.1, -0.05) is 17.7 Å². The molecule has 0 aromatic carbocycles. The van der Waals surface area contributed by atoms with Gasteiger partial charge in [-0.15, -0.1) is 22.7 Å². The third-order valence-corrected chi connectivity index (χ3v) is 5.83. The Labute approximate surface area is 159 Å². The van der Waals surface area contributed by atoms with Crippen LogP contribution in [0.2, 0.25) is 4.34 Å². The van der Waals surface area contributed by atoms with Crippen LogP contribution in [-0.2, 0) is 0 Å². The highest BCUT2D eigenvalue weighted by Gasteiger charge is 2.36. The summed E-state index contributed by atoms with van der Waals surface area (Å²) in [6, 6.07) is 7.91. The lowest BCUT2D eigenvalue weighted by molar-refractivity contribution is -0.118. The molecule has 3 aromatic rings. The third-order valence-electron chi connectivity index (χ3n) is 3.28. The van der Waals surface area contributed by atoms with Crippen LogP contribution in [0.5, 0.6) is 0 Å². The van der Waals surface area contributed by atoms with Gasteiger partial charge in [0.1, 0.15) is 22.2 Å². The van der Waals surface area contributed by atoms with Crippen molar-refractivity contribution < 1.29 is 18.0 Å². The lowest BCUT2D eigenvalue weighted by atomic mass is 10.3. The molecule has 10 heteroatoms. The van der Waals surface area contributed by atoms with Crippen molar-refractivity contribution in [1.29, 1.82) is 0 Å². The van der Waals surface area contributed by atoms with E-state index in [2.05, 4.69) is 9.97 Å². The van der Waals surface area contributed by atoms with Gasteiger partial charge in [0.2, 0.25) is 0 Å². The second-order valence-electron chi connectivity index (χ2n) is 5.23. The van der Waals surface area contributed by atoms with E-state index in [-0.39, 0.29) is 10.7 Å². The first-order chi connectivity index (χ1) is 12.2. The Bertz CT molecular complexity index is 924. The van der Waals surface area contributed by atoms with E-state index < -0.39 is 18.6 Å². The summed E-state index contributed by atoms with van der Waals surface area (Å²) in [6.45, 7) is 0.160. The minimum Gasteiger partial charge on any atom is -0.283 e. The Hall–Kier alpha value is -1.97. The molecule has 0 spiro atoms. The largest absolute Gasteiger partial charge is 0.406 e. The van der Waals surface area contributed by atoms with Crippen LogP contribution in [0, 0.1) is 6.92 Å². The summed E-state index contributed by atoms with van der Waals surface area (Å²) in [6.07, 6.45) is -3.22. The number of amides is 1. The van der Waals surface area contributed by atoms with Gasteiger partial charge in [-0.3, -0.25) is 9.69 Å². The summed E-state index contributed by atoms with van der Waals surface area (Å²) in [5, 5.41) is 0.538. The Morgan fingerprint density at radius 2 is 2.00 bits per heavy atom. The number of hydrogen-bond acceptors (Lipinski definition) is 5. The first-order valence-corrected chi connectivity index (χ1v) is 9.28. The first kappa shape index (κ1) is 18.8. The van der Waals surface area contributed by atoms with Crippen molar-refractivity contribution in [2.75, 3.05) is 11.4 Å². The van der Waals surface area contributed by atoms with Crippen LogP contribution in [0.1, 0.15) is 15.4 Å². The average Bonchev–Trinajstić information content (AvgIpc) is 3.18. The molecule has 0 atom stereocenters. The summed E-state index contributed by atoms with van der Waals surface area (Å²) in [5.41, 5.74) is 0.364. The van der Waals surface area contributed by atoms with E-state index in [1.54, 1.807) is 25.1 Å². The minimum atomic E-state index is -4.56. The molecule has 0 radical (unpaired) electrons. The van der Waals surface area contributed by atoms with Crippen molar-refractivity contribution in [3.05, 3.63) is 51.4 Å². The van der Waals surface area contributed by atoms with Gasteiger partial charge in [-0.2, -0.15) is 13.2 Å². The second kappa shape index (κ2) is 7.34. The highest BCUT2D eigenvalue weighted by molar-refractivity contribution is 7.24. The standard InChI is InChI=1S/C16H11ClF3N3OS2/c1-9-13(26-14(22-9)10-5-6-11(17)25-10)15(24)23(8-16(18,19)20)12-4-2-3-7-21-12/h2-7H,8H2,1H3. The molecule has 0 saturated carbocycles. The predicted molar refractivity (Wildman–Crippen MR) is 97.1 cm³/mol. The molecular formula is C16H11ClF3N3OS2. The fourth-order valence-corrected chi connectivity index (χ4v) is 4.31. The van der Waals surface area contributed by atoms with E-state index in [9.17, 15) is 18.0 Å². The van der Waals surface area contributed by atoms with Crippen LogP contribution >= 0.6 is 34.3 Å². The maximum absolute atomic E-state index is 13.0. The topological polar surface area (TPSA) is 46.1 Å². The lowest BCUT2D eigenvalue weighted by Gasteiger charge is -2.22. The Morgan fingerprint density at radius 3 is 2.58 bits per heavy atom. The quantitative estimate of drug-likeness (QED) is 0.568. The molecule has 0 bridgehead atoms. The first-order valence-electron chi connectivity index (χ1n) is 7.27. The molecule has 4 nitrogen and oxygen atoms in total. The monoisotopic (exact) mass is 417 g/mol. The van der Waals surface area contributed by atoms with E-state index >= 15 is 0 Å². The van der Waals surface area contributed by atoms with Crippen LogP contribution in [0.4, 0.5) is 19.0 Å². The number of anilines is 1. The number of alkyl halides is 3. The molecule has 136 valence electrons. The number of nitrogens with zero attached hydrogens (tertiary/aromatic N) is 3. The molecule has 1 amide bonds. The van der Waals surface area contributed by atoms with E-state index in [0.29, 0.717) is 19.9 Å². The lowest BCUT2D eigenvalue weighted by Crippen LogP contribution is -2.39. The van der Waals surface area contributed by atoms with Crippen molar-refractivity contribution in [3.63, 3.8) is 0 Å². The summed E-state index contributed by atoms with van der Waals surface area (Å²) in [4.78, 5) is 22.5. The molecule has 0 N–H and O–H groups in total. The predicted octanol–water partition coefficient (Wildman–Crippen LogP) is 5.44. The third kappa shape index (κ3) is 4.22. The number of thiophene rings is 1. The van der Waals surface area contributed by atoms with Gasteiger partial charge in [0.25, 0.3) is 5.91 Å². The van der Waals surface area contributed by atoms with Crippen molar-refractivity contribution in [3.8, 4) is 9.88 Å². The molecule has 0 unspecified atom stereocenters. The van der Waals surface area contributed by atoms with E-state index in [4.69, 9.17) is 11.6 Å². The highest BCUT2D eigenvalue weighted by Crippen LogP contribution is 2.36. The van der Waals surface area contributed by atoms with E-state index in [1.165, 1.54) is 29.7 Å². The van der Waals surface area contributed by atoms with Crippen LogP contribution < -0.4 is 4.90 Å². The molecule has 0 aliphatic rings. The molecule has 3 heterocycles. The smallest absolute Gasteiger partial charge is 0.283 e. The summed E-state index contributed by atoms with van der Waals surface area (Å²) in [7, 11) is 0. The molecule has 0 aliphatic carbocycles. The Morgan fingerprint density at radius 1 is 1.23 bits per heavy atom. The number of aryl methyl sites for hydroxylation is 1. The maximum atomic E-state index is 13.0. The average molecular weight is 418 g/mol. The molecule has 26 heavy (non-hydrogen) atoms. The van der Waals surface area contributed by atoms with Gasteiger partial charge in [0.05, 0.1) is 14.9 Å². The van der Waals surface area contributed by atoms with Crippen LogP contribution in [0.3, 0.4) is 0 Å². The molecule has 0 aliphatic heterocycles. The van der Waals surface area contributed by atoms with Crippen molar-refractivity contribution in [2.24, 2.45) is 0 Å². The maximum Gasteiger partial charge on any atom is 0.406 e. The Kier molecular flexibility index (Phi) is 5.31. The van der Waals surface area contributed by atoms with Crippen LogP contribution in [0.15, 0.2) is 36.5 Å². The van der Waals surface area contributed by atoms with E-state index in [1.807, 2.05) is 0 Å². The fourth-order valence-electron chi connectivity index (χ4n) is 2.20. The van der Waals surface area contributed by atoms with Gasteiger partial charge < -0.3 is 0 Å². The molecule has 3 rings (SSSR count). The molecule has 3 aromatic heterocycles. The van der Waals surface area contributed by atoms with Gasteiger partial charge in [-0.25, -0.2) is 9.97 Å². The van der Waals surface area contributed by atoms with Crippen LogP contribution in [-0.4, -0.2) is 28.6 Å². The zero-order valence-electron chi connectivity index (χ0n) is 13.2. The number of aromatic nitrogens is 2. The van der Waals surface area contributed by atoms with Crippen LogP contribution in [0.25, 0.3) is 9.88 Å². The summed E-state index contributed by atoms with van der Waals surface area (Å²) >= 11 is 8.23. The number of rotatable bonds is 4. The van der Waals surface area contributed by atoms with Gasteiger partial charge >= 0.3 is 6.18 Å². The van der Waals surface area contributed by atoms with Gasteiger partial charge in [-0.05, 0) is 31.2 Å². The number of halogens is 4. The van der Waals surface area contributed by atoms with Crippen molar-refractivity contribution in [1.82, 2.24) is 9.97 Å². The van der Waals surface area contributed by atoms with Gasteiger partial charge in [0, 0.05) is 6.20 Å². The zero-order chi connectivity index (χ0) is 18.9. The number of thiazole rings is 1. The van der Waals surface area contributed by atoms with Crippen molar-refractivity contribution >= 4 is 46.0 Å².